The van der Waals surface area contributed by atoms with Crippen LogP contribution in [0, 0.1) is 0 Å². The summed E-state index contributed by atoms with van der Waals surface area (Å²) in [6.45, 7) is 2.55. The van der Waals surface area contributed by atoms with Crippen molar-refractivity contribution in [2.75, 3.05) is 33.7 Å². The molecule has 0 spiro atoms. The van der Waals surface area contributed by atoms with Gasteiger partial charge in [0.1, 0.15) is 0 Å². The van der Waals surface area contributed by atoms with Gasteiger partial charge in [0.2, 0.25) is 5.91 Å². The average Bonchev–Trinajstić information content (AvgIpc) is 2.52. The Morgan fingerprint density at radius 3 is 2.83 bits per heavy atom. The Morgan fingerprint density at radius 1 is 1.58 bits per heavy atom. The topological polar surface area (TPSA) is 44.4 Å². The zero-order chi connectivity index (χ0) is 8.97. The Balaban J connectivity index is 2.23. The van der Waals surface area contributed by atoms with Gasteiger partial charge < -0.3 is 10.6 Å². The van der Waals surface area contributed by atoms with E-state index in [1.807, 2.05) is 7.05 Å². The third-order valence-corrected chi connectivity index (χ3v) is 2.33. The van der Waals surface area contributed by atoms with E-state index in [9.17, 15) is 4.79 Å². The van der Waals surface area contributed by atoms with Crippen molar-refractivity contribution in [2.24, 2.45) is 0 Å². The molecule has 1 rings (SSSR count). The van der Waals surface area contributed by atoms with E-state index >= 15 is 0 Å². The number of rotatable bonds is 3. The minimum absolute atomic E-state index is 0.103. The van der Waals surface area contributed by atoms with Crippen LogP contribution in [0.4, 0.5) is 0 Å². The first kappa shape index (κ1) is 9.48. The zero-order valence-corrected chi connectivity index (χ0v) is 7.76. The van der Waals surface area contributed by atoms with Crippen LogP contribution in [0.15, 0.2) is 0 Å². The molecule has 1 amide bonds. The monoisotopic (exact) mass is 171 g/mol. The van der Waals surface area contributed by atoms with E-state index in [-0.39, 0.29) is 5.91 Å². The van der Waals surface area contributed by atoms with Crippen LogP contribution >= 0.6 is 0 Å². The van der Waals surface area contributed by atoms with Gasteiger partial charge in [-0.2, -0.15) is 0 Å². The molecule has 4 heteroatoms. The number of hydrogen-bond donors (Lipinski definition) is 2. The van der Waals surface area contributed by atoms with E-state index in [0.29, 0.717) is 12.6 Å². The molecule has 0 aromatic rings. The summed E-state index contributed by atoms with van der Waals surface area (Å²) in [5.41, 5.74) is 0. The summed E-state index contributed by atoms with van der Waals surface area (Å²) >= 11 is 0. The third-order valence-electron chi connectivity index (χ3n) is 2.33. The summed E-state index contributed by atoms with van der Waals surface area (Å²) in [6, 6.07) is 0.564. The van der Waals surface area contributed by atoms with E-state index in [0.717, 1.165) is 19.5 Å². The molecule has 0 radical (unpaired) electrons. The number of hydrogen-bond acceptors (Lipinski definition) is 3. The Bertz CT molecular complexity index is 160. The first-order valence-corrected chi connectivity index (χ1v) is 4.36. The number of likely N-dealkylation sites (tertiary alicyclic amines) is 1. The highest BCUT2D eigenvalue weighted by Crippen LogP contribution is 2.07. The Labute approximate surface area is 73.3 Å². The van der Waals surface area contributed by atoms with Gasteiger partial charge in [-0.15, -0.1) is 0 Å². The van der Waals surface area contributed by atoms with Gasteiger partial charge in [-0.1, -0.05) is 0 Å². The number of nitrogens with zero attached hydrogens (tertiary/aromatic N) is 1. The van der Waals surface area contributed by atoms with Crippen LogP contribution < -0.4 is 10.6 Å². The second-order valence-corrected chi connectivity index (χ2v) is 3.18. The first-order chi connectivity index (χ1) is 5.76. The van der Waals surface area contributed by atoms with E-state index in [1.165, 1.54) is 0 Å². The Kier molecular flexibility index (Phi) is 3.49. The maximum atomic E-state index is 11.0. The van der Waals surface area contributed by atoms with Gasteiger partial charge in [0.25, 0.3) is 0 Å². The maximum absolute atomic E-state index is 11.0. The van der Waals surface area contributed by atoms with E-state index in [2.05, 4.69) is 15.5 Å². The van der Waals surface area contributed by atoms with Gasteiger partial charge in [0, 0.05) is 26.2 Å². The molecule has 1 aliphatic rings. The highest BCUT2D eigenvalue weighted by molar-refractivity contribution is 5.77. The molecule has 1 heterocycles. The number of nitrogens with one attached hydrogen (secondary N) is 2. The fourth-order valence-electron chi connectivity index (χ4n) is 1.49. The molecule has 0 saturated carbocycles. The molecule has 0 aliphatic carbocycles. The lowest BCUT2D eigenvalue weighted by Crippen LogP contribution is -2.36. The summed E-state index contributed by atoms with van der Waals surface area (Å²) in [5, 5.41) is 5.84. The minimum atomic E-state index is 0.103. The smallest absolute Gasteiger partial charge is 0.233 e. The Morgan fingerprint density at radius 2 is 2.33 bits per heavy atom. The molecule has 0 aromatic heterocycles. The predicted octanol–water partition coefficient (Wildman–Crippen LogP) is -0.974. The number of amides is 1. The van der Waals surface area contributed by atoms with Crippen LogP contribution in [-0.2, 0) is 4.79 Å². The second kappa shape index (κ2) is 4.42. The van der Waals surface area contributed by atoms with Crippen LogP contribution in [0.2, 0.25) is 0 Å². The molecule has 1 atom stereocenters. The predicted molar refractivity (Wildman–Crippen MR) is 48.0 cm³/mol. The third kappa shape index (κ3) is 2.46. The Hall–Kier alpha value is -0.610. The van der Waals surface area contributed by atoms with Crippen LogP contribution in [0.3, 0.4) is 0 Å². The van der Waals surface area contributed by atoms with Crippen LogP contribution in [0.25, 0.3) is 0 Å². The fourth-order valence-corrected chi connectivity index (χ4v) is 1.49. The van der Waals surface area contributed by atoms with Crippen molar-refractivity contribution in [1.29, 1.82) is 0 Å². The maximum Gasteiger partial charge on any atom is 0.233 e. The average molecular weight is 171 g/mol. The highest BCUT2D eigenvalue weighted by atomic mass is 16.1. The summed E-state index contributed by atoms with van der Waals surface area (Å²) in [5.74, 6) is 0.103. The van der Waals surface area contributed by atoms with Gasteiger partial charge >= 0.3 is 0 Å². The minimum Gasteiger partial charge on any atom is -0.358 e. The van der Waals surface area contributed by atoms with Gasteiger partial charge in [-0.05, 0) is 13.5 Å². The van der Waals surface area contributed by atoms with Crippen molar-refractivity contribution >= 4 is 5.91 Å². The molecule has 12 heavy (non-hydrogen) atoms. The lowest BCUT2D eigenvalue weighted by atomic mass is 10.3. The molecule has 4 nitrogen and oxygen atoms in total. The fraction of sp³-hybridized carbons (Fsp3) is 0.875. The second-order valence-electron chi connectivity index (χ2n) is 3.18. The lowest BCUT2D eigenvalue weighted by molar-refractivity contribution is -0.121. The molecular formula is C8H17N3O. The van der Waals surface area contributed by atoms with Gasteiger partial charge in [-0.3, -0.25) is 9.69 Å². The van der Waals surface area contributed by atoms with Crippen molar-refractivity contribution < 1.29 is 4.79 Å². The standard InChI is InChI=1S/C8H17N3O/c1-9-7-3-4-11(5-7)6-8(12)10-2/h7,9H,3-6H2,1-2H3,(H,10,12). The molecule has 1 aliphatic heterocycles. The summed E-state index contributed by atoms with van der Waals surface area (Å²) in [6.07, 6.45) is 1.15. The van der Waals surface area contributed by atoms with Gasteiger partial charge in [-0.25, -0.2) is 0 Å². The van der Waals surface area contributed by atoms with Crippen molar-refractivity contribution in [2.45, 2.75) is 12.5 Å². The van der Waals surface area contributed by atoms with E-state index in [1.54, 1.807) is 7.05 Å². The number of likely N-dealkylation sites (N-methyl/N-ethyl adjacent to an activating group) is 2. The molecule has 1 saturated heterocycles. The summed E-state index contributed by atoms with van der Waals surface area (Å²) in [7, 11) is 3.64. The molecule has 2 N–H and O–H groups in total. The summed E-state index contributed by atoms with van der Waals surface area (Å²) < 4.78 is 0. The van der Waals surface area contributed by atoms with Crippen LogP contribution in [0.1, 0.15) is 6.42 Å². The molecule has 0 aromatic carbocycles. The van der Waals surface area contributed by atoms with Gasteiger partial charge in [0.15, 0.2) is 0 Å². The normalized spacial score (nSPS) is 24.3. The van der Waals surface area contributed by atoms with Crippen molar-refractivity contribution in [3.05, 3.63) is 0 Å². The van der Waals surface area contributed by atoms with E-state index < -0.39 is 0 Å². The van der Waals surface area contributed by atoms with Crippen LogP contribution in [-0.4, -0.2) is 50.6 Å². The van der Waals surface area contributed by atoms with Crippen LogP contribution in [0.5, 0.6) is 0 Å². The van der Waals surface area contributed by atoms with Crippen molar-refractivity contribution in [3.8, 4) is 0 Å². The van der Waals surface area contributed by atoms with E-state index in [4.69, 9.17) is 0 Å². The first-order valence-electron chi connectivity index (χ1n) is 4.36. The molecule has 0 bridgehead atoms. The lowest BCUT2D eigenvalue weighted by Gasteiger charge is -2.14. The molecule has 70 valence electrons. The quantitative estimate of drug-likeness (QED) is 0.574. The van der Waals surface area contributed by atoms with Crippen molar-refractivity contribution in [1.82, 2.24) is 15.5 Å². The largest absolute Gasteiger partial charge is 0.358 e. The van der Waals surface area contributed by atoms with Gasteiger partial charge in [0.05, 0.1) is 6.54 Å². The number of carbonyl (C=O) groups excluding carboxylic acids is 1. The molecule has 1 unspecified atom stereocenters. The number of carbonyl (C=O) groups is 1. The zero-order valence-electron chi connectivity index (χ0n) is 7.76. The summed E-state index contributed by atoms with van der Waals surface area (Å²) in [4.78, 5) is 13.2. The molecule has 1 fully saturated rings. The van der Waals surface area contributed by atoms with Crippen molar-refractivity contribution in [3.63, 3.8) is 0 Å². The highest BCUT2D eigenvalue weighted by Gasteiger charge is 2.21. The molecular weight excluding hydrogens is 154 g/mol. The SMILES string of the molecule is CNC(=O)CN1CCC(NC)C1.